The van der Waals surface area contributed by atoms with Gasteiger partial charge in [0.2, 0.25) is 5.78 Å². The van der Waals surface area contributed by atoms with Gasteiger partial charge in [0.25, 0.3) is 0 Å². The molecule has 0 saturated carbocycles. The Morgan fingerprint density at radius 2 is 2.13 bits per heavy atom. The maximum absolute atomic E-state index is 12.9. The fourth-order valence-electron chi connectivity index (χ4n) is 3.26. The molecule has 1 atom stereocenters. The van der Waals surface area contributed by atoms with Gasteiger partial charge in [-0.1, -0.05) is 11.6 Å². The predicted octanol–water partition coefficient (Wildman–Crippen LogP) is 3.07. The van der Waals surface area contributed by atoms with E-state index in [1.54, 1.807) is 30.7 Å². The van der Waals surface area contributed by atoms with E-state index in [-0.39, 0.29) is 17.7 Å². The lowest BCUT2D eigenvalue weighted by molar-refractivity contribution is -0.144. The molecule has 2 aromatic heterocycles. The van der Waals surface area contributed by atoms with Crippen LogP contribution >= 0.6 is 11.6 Å². The third-order valence-electron chi connectivity index (χ3n) is 4.40. The van der Waals surface area contributed by atoms with Crippen molar-refractivity contribution in [2.75, 3.05) is 6.61 Å². The summed E-state index contributed by atoms with van der Waals surface area (Å²) in [5.41, 5.74) is 2.91. The minimum Gasteiger partial charge on any atom is -0.465 e. The number of ketones is 1. The Hall–Kier alpha value is -2.01. The number of ether oxygens (including phenoxy) is 1. The molecule has 0 N–H and O–H groups in total. The van der Waals surface area contributed by atoms with E-state index in [9.17, 15) is 9.59 Å². The highest BCUT2D eigenvalue weighted by Gasteiger charge is 2.34. The fourth-order valence-corrected chi connectivity index (χ4v) is 3.42. The van der Waals surface area contributed by atoms with Crippen LogP contribution in [-0.2, 0) is 23.1 Å². The first-order chi connectivity index (χ1) is 11.0. The number of carbonyl (C=O) groups excluding carboxylic acids is 2. The number of hydrogen-bond donors (Lipinski definition) is 0. The SMILES string of the molecule is CCOC(=O)C1CCn2c1cc(C)c2C(=O)c1ccc(Cl)n1C. The number of nitrogens with zero attached hydrogens (tertiary/aromatic N) is 2. The van der Waals surface area contributed by atoms with E-state index in [1.165, 1.54) is 0 Å². The lowest BCUT2D eigenvalue weighted by Crippen LogP contribution is -2.14. The highest BCUT2D eigenvalue weighted by molar-refractivity contribution is 6.30. The molecule has 0 aromatic carbocycles. The van der Waals surface area contributed by atoms with Gasteiger partial charge in [0.1, 0.15) is 5.15 Å². The molecule has 0 amide bonds. The van der Waals surface area contributed by atoms with Crippen LogP contribution < -0.4 is 0 Å². The van der Waals surface area contributed by atoms with Gasteiger partial charge in [-0.05, 0) is 44.0 Å². The van der Waals surface area contributed by atoms with Gasteiger partial charge in [-0.25, -0.2) is 0 Å². The van der Waals surface area contributed by atoms with E-state index in [0.29, 0.717) is 36.1 Å². The van der Waals surface area contributed by atoms with Crippen LogP contribution in [0.15, 0.2) is 18.2 Å². The van der Waals surface area contributed by atoms with Crippen molar-refractivity contribution in [2.24, 2.45) is 7.05 Å². The molecule has 0 fully saturated rings. The number of rotatable bonds is 4. The molecule has 1 unspecified atom stereocenters. The Kier molecular flexibility index (Phi) is 4.06. The molecule has 3 rings (SSSR count). The summed E-state index contributed by atoms with van der Waals surface area (Å²) in [6.45, 7) is 4.70. The fraction of sp³-hybridized carbons (Fsp3) is 0.412. The van der Waals surface area contributed by atoms with E-state index in [1.807, 2.05) is 17.6 Å². The van der Waals surface area contributed by atoms with Crippen LogP contribution in [0.3, 0.4) is 0 Å². The van der Waals surface area contributed by atoms with Crippen LogP contribution in [-0.4, -0.2) is 27.5 Å². The summed E-state index contributed by atoms with van der Waals surface area (Å²) in [6, 6.07) is 5.35. The average molecular weight is 335 g/mol. The van der Waals surface area contributed by atoms with Gasteiger partial charge in [0, 0.05) is 19.3 Å². The van der Waals surface area contributed by atoms with E-state index < -0.39 is 0 Å². The van der Waals surface area contributed by atoms with Gasteiger partial charge in [0.05, 0.1) is 23.9 Å². The first-order valence-electron chi connectivity index (χ1n) is 7.68. The number of aromatic nitrogens is 2. The van der Waals surface area contributed by atoms with Crippen LogP contribution in [0.2, 0.25) is 5.15 Å². The van der Waals surface area contributed by atoms with Crippen LogP contribution in [0.1, 0.15) is 46.7 Å². The topological polar surface area (TPSA) is 53.2 Å². The molecule has 2 aromatic rings. The lowest BCUT2D eigenvalue weighted by atomic mass is 10.0. The second-order valence-electron chi connectivity index (χ2n) is 5.78. The average Bonchev–Trinajstić information content (AvgIpc) is 3.13. The molecule has 1 aliphatic rings. The molecule has 1 aliphatic heterocycles. The molecule has 0 saturated heterocycles. The Morgan fingerprint density at radius 3 is 2.74 bits per heavy atom. The molecule has 0 radical (unpaired) electrons. The lowest BCUT2D eigenvalue weighted by Gasteiger charge is -2.08. The summed E-state index contributed by atoms with van der Waals surface area (Å²) in [7, 11) is 1.76. The van der Waals surface area contributed by atoms with Crippen molar-refractivity contribution in [3.05, 3.63) is 46.0 Å². The van der Waals surface area contributed by atoms with Crippen LogP contribution in [0.25, 0.3) is 0 Å². The molecule has 0 aliphatic carbocycles. The molecule has 6 heteroatoms. The molecule has 0 bridgehead atoms. The van der Waals surface area contributed by atoms with Crippen molar-refractivity contribution < 1.29 is 14.3 Å². The number of halogens is 1. The number of hydrogen-bond acceptors (Lipinski definition) is 3. The minimum absolute atomic E-state index is 0.0762. The first-order valence-corrected chi connectivity index (χ1v) is 8.06. The summed E-state index contributed by atoms with van der Waals surface area (Å²) in [5, 5.41) is 0.517. The molecule has 0 spiro atoms. The Morgan fingerprint density at radius 1 is 1.39 bits per heavy atom. The molecule has 23 heavy (non-hydrogen) atoms. The zero-order valence-electron chi connectivity index (χ0n) is 13.4. The van der Waals surface area contributed by atoms with E-state index in [0.717, 1.165) is 11.3 Å². The molecular formula is C17H19ClN2O3. The largest absolute Gasteiger partial charge is 0.465 e. The highest BCUT2D eigenvalue weighted by atomic mass is 35.5. The first kappa shape index (κ1) is 15.9. The van der Waals surface area contributed by atoms with Crippen molar-refractivity contribution in [1.29, 1.82) is 0 Å². The molecule has 3 heterocycles. The number of aryl methyl sites for hydroxylation is 1. The minimum atomic E-state index is -0.285. The van der Waals surface area contributed by atoms with Crippen LogP contribution in [0.4, 0.5) is 0 Å². The zero-order chi connectivity index (χ0) is 16.7. The summed E-state index contributed by atoms with van der Waals surface area (Å²) in [6.07, 6.45) is 0.669. The molecular weight excluding hydrogens is 316 g/mol. The van der Waals surface area contributed by atoms with Crippen LogP contribution in [0.5, 0.6) is 0 Å². The second kappa shape index (κ2) is 5.89. The summed E-state index contributed by atoms with van der Waals surface area (Å²) < 4.78 is 8.75. The van der Waals surface area contributed by atoms with Gasteiger partial charge >= 0.3 is 5.97 Å². The Balaban J connectivity index is 2.00. The third-order valence-corrected chi connectivity index (χ3v) is 4.78. The highest BCUT2D eigenvalue weighted by Crippen LogP contribution is 2.34. The van der Waals surface area contributed by atoms with Crippen molar-refractivity contribution in [1.82, 2.24) is 9.13 Å². The maximum atomic E-state index is 12.9. The van der Waals surface area contributed by atoms with Gasteiger partial charge in [-0.15, -0.1) is 0 Å². The monoisotopic (exact) mass is 334 g/mol. The predicted molar refractivity (Wildman–Crippen MR) is 87.0 cm³/mol. The number of esters is 1. The van der Waals surface area contributed by atoms with Gasteiger partial charge in [0.15, 0.2) is 0 Å². The van der Waals surface area contributed by atoms with E-state index in [4.69, 9.17) is 16.3 Å². The Labute approximate surface area is 139 Å². The third kappa shape index (κ3) is 2.49. The smallest absolute Gasteiger partial charge is 0.315 e. The second-order valence-corrected chi connectivity index (χ2v) is 6.16. The number of carbonyl (C=O) groups is 2. The zero-order valence-corrected chi connectivity index (χ0v) is 14.2. The molecule has 122 valence electrons. The van der Waals surface area contributed by atoms with Crippen molar-refractivity contribution in [3.63, 3.8) is 0 Å². The van der Waals surface area contributed by atoms with Crippen molar-refractivity contribution >= 4 is 23.4 Å². The normalized spacial score (nSPS) is 16.4. The molecule has 5 nitrogen and oxygen atoms in total. The summed E-state index contributed by atoms with van der Waals surface area (Å²) in [4.78, 5) is 25.0. The maximum Gasteiger partial charge on any atom is 0.315 e. The Bertz CT molecular complexity index is 788. The van der Waals surface area contributed by atoms with Gasteiger partial charge in [-0.2, -0.15) is 0 Å². The van der Waals surface area contributed by atoms with E-state index in [2.05, 4.69) is 0 Å². The van der Waals surface area contributed by atoms with E-state index >= 15 is 0 Å². The quantitative estimate of drug-likeness (QED) is 0.638. The van der Waals surface area contributed by atoms with Crippen LogP contribution in [0, 0.1) is 6.92 Å². The van der Waals surface area contributed by atoms with Gasteiger partial charge in [-0.3, -0.25) is 9.59 Å². The van der Waals surface area contributed by atoms with Crippen molar-refractivity contribution in [2.45, 2.75) is 32.7 Å². The summed E-state index contributed by atoms with van der Waals surface area (Å²) >= 11 is 6.03. The van der Waals surface area contributed by atoms with Crippen molar-refractivity contribution in [3.8, 4) is 0 Å². The standard InChI is InChI=1S/C17H19ClN2O3/c1-4-23-17(22)11-7-8-20-13(11)9-10(2)15(20)16(21)12-5-6-14(18)19(12)3/h5-6,9,11H,4,7-8H2,1-3H3. The number of fused-ring (bicyclic) bond motifs is 1. The summed E-state index contributed by atoms with van der Waals surface area (Å²) in [5.74, 6) is -0.579. The van der Waals surface area contributed by atoms with Gasteiger partial charge < -0.3 is 13.9 Å².